The van der Waals surface area contributed by atoms with Gasteiger partial charge in [-0.1, -0.05) is 11.6 Å². The van der Waals surface area contributed by atoms with Crippen LogP contribution in [0.1, 0.15) is 20.8 Å². The molecule has 2 heterocycles. The molecule has 3 nitrogen and oxygen atoms in total. The highest BCUT2D eigenvalue weighted by atomic mass is 127. The van der Waals surface area contributed by atoms with Crippen LogP contribution in [0.2, 0.25) is 5.02 Å². The van der Waals surface area contributed by atoms with Crippen molar-refractivity contribution in [3.8, 4) is 0 Å². The molecule has 1 aromatic rings. The number of piperazine rings is 1. The van der Waals surface area contributed by atoms with Crippen LogP contribution in [0.5, 0.6) is 0 Å². The van der Waals surface area contributed by atoms with Crippen LogP contribution in [0.3, 0.4) is 0 Å². The summed E-state index contributed by atoms with van der Waals surface area (Å²) in [5.41, 5.74) is 0. The summed E-state index contributed by atoms with van der Waals surface area (Å²) >= 11 is 8.28. The molecule has 100 valence electrons. The minimum absolute atomic E-state index is 0.491. The van der Waals surface area contributed by atoms with E-state index in [0.29, 0.717) is 12.1 Å². The Labute approximate surface area is 128 Å². The molecule has 0 spiro atoms. The maximum atomic E-state index is 6.02. The molecule has 5 heteroatoms. The van der Waals surface area contributed by atoms with Gasteiger partial charge in [0.1, 0.15) is 5.82 Å². The SMILES string of the molecule is CC(C)N1CCN(c2cc(I)c(Cl)cn2)[C@@H](C)C1. The summed E-state index contributed by atoms with van der Waals surface area (Å²) in [6.45, 7) is 10.0. The Kier molecular flexibility index (Phi) is 4.72. The quantitative estimate of drug-likeness (QED) is 0.735. The van der Waals surface area contributed by atoms with E-state index in [1.807, 2.05) is 0 Å². The zero-order valence-electron chi connectivity index (χ0n) is 11.0. The van der Waals surface area contributed by atoms with Crippen molar-refractivity contribution < 1.29 is 0 Å². The number of halogens is 2. The first-order valence-corrected chi connectivity index (χ1v) is 7.76. The molecule has 1 atom stereocenters. The zero-order valence-corrected chi connectivity index (χ0v) is 13.9. The Hall–Kier alpha value is -0.0700. The fraction of sp³-hybridized carbons (Fsp3) is 0.615. The van der Waals surface area contributed by atoms with Crippen LogP contribution in [0.15, 0.2) is 12.3 Å². The maximum Gasteiger partial charge on any atom is 0.129 e. The van der Waals surface area contributed by atoms with E-state index in [0.717, 1.165) is 34.0 Å². The highest BCUT2D eigenvalue weighted by Gasteiger charge is 2.26. The monoisotopic (exact) mass is 379 g/mol. The highest BCUT2D eigenvalue weighted by molar-refractivity contribution is 14.1. The van der Waals surface area contributed by atoms with Gasteiger partial charge in [0.05, 0.1) is 5.02 Å². The first-order valence-electron chi connectivity index (χ1n) is 6.30. The van der Waals surface area contributed by atoms with Crippen LogP contribution < -0.4 is 4.90 Å². The molecule has 1 saturated heterocycles. The van der Waals surface area contributed by atoms with Crippen LogP contribution in [-0.2, 0) is 0 Å². The standard InChI is InChI=1S/C13H19ClIN3/c1-9(2)17-4-5-18(10(3)8-17)13-6-12(15)11(14)7-16-13/h6-7,9-10H,4-5,8H2,1-3H3/t10-/m0/s1. The lowest BCUT2D eigenvalue weighted by atomic mass is 10.1. The van der Waals surface area contributed by atoms with E-state index in [9.17, 15) is 0 Å². The lowest BCUT2D eigenvalue weighted by Gasteiger charge is -2.42. The summed E-state index contributed by atoms with van der Waals surface area (Å²) in [6, 6.07) is 3.18. The fourth-order valence-electron chi connectivity index (χ4n) is 2.36. The third-order valence-corrected chi connectivity index (χ3v) is 4.99. The van der Waals surface area contributed by atoms with E-state index < -0.39 is 0 Å². The van der Waals surface area contributed by atoms with Gasteiger partial charge in [0.25, 0.3) is 0 Å². The summed E-state index contributed by atoms with van der Waals surface area (Å²) in [5, 5.41) is 0.729. The lowest BCUT2D eigenvalue weighted by molar-refractivity contribution is 0.185. The molecule has 0 aromatic carbocycles. The Morgan fingerprint density at radius 1 is 1.44 bits per heavy atom. The molecule has 0 amide bonds. The molecule has 1 aromatic heterocycles. The molecule has 1 fully saturated rings. The van der Waals surface area contributed by atoms with Gasteiger partial charge < -0.3 is 4.90 Å². The predicted octanol–water partition coefficient (Wildman–Crippen LogP) is 3.26. The molecular formula is C13H19ClIN3. The molecule has 1 aliphatic rings. The average molecular weight is 380 g/mol. The second-order valence-electron chi connectivity index (χ2n) is 5.09. The second-order valence-corrected chi connectivity index (χ2v) is 6.66. The fourth-order valence-corrected chi connectivity index (χ4v) is 2.88. The van der Waals surface area contributed by atoms with Crippen molar-refractivity contribution in [1.82, 2.24) is 9.88 Å². The molecule has 1 aliphatic heterocycles. The molecule has 0 bridgehead atoms. The third-order valence-electron chi connectivity index (χ3n) is 3.48. The van der Waals surface area contributed by atoms with E-state index in [1.54, 1.807) is 6.20 Å². The largest absolute Gasteiger partial charge is 0.351 e. The molecular weight excluding hydrogens is 361 g/mol. The van der Waals surface area contributed by atoms with Gasteiger partial charge in [-0.2, -0.15) is 0 Å². The van der Waals surface area contributed by atoms with Crippen LogP contribution in [0.25, 0.3) is 0 Å². The van der Waals surface area contributed by atoms with Crippen LogP contribution in [-0.4, -0.2) is 41.6 Å². The Balaban J connectivity index is 2.12. The minimum Gasteiger partial charge on any atom is -0.351 e. The number of anilines is 1. The molecule has 0 radical (unpaired) electrons. The van der Waals surface area contributed by atoms with Gasteiger partial charge in [-0.3, -0.25) is 4.90 Å². The summed E-state index contributed by atoms with van der Waals surface area (Å²) in [6.07, 6.45) is 1.75. The van der Waals surface area contributed by atoms with Crippen molar-refractivity contribution >= 4 is 40.0 Å². The predicted molar refractivity (Wildman–Crippen MR) is 85.5 cm³/mol. The van der Waals surface area contributed by atoms with Crippen molar-refractivity contribution in [3.63, 3.8) is 0 Å². The molecule has 0 aliphatic carbocycles. The molecule has 2 rings (SSSR count). The summed E-state index contributed by atoms with van der Waals surface area (Å²) < 4.78 is 1.07. The smallest absolute Gasteiger partial charge is 0.129 e. The number of aromatic nitrogens is 1. The minimum atomic E-state index is 0.491. The molecule has 0 saturated carbocycles. The van der Waals surface area contributed by atoms with Gasteiger partial charge in [-0.25, -0.2) is 4.98 Å². The van der Waals surface area contributed by atoms with E-state index in [4.69, 9.17) is 11.6 Å². The van der Waals surface area contributed by atoms with Crippen molar-refractivity contribution in [2.75, 3.05) is 24.5 Å². The van der Waals surface area contributed by atoms with Crippen molar-refractivity contribution in [3.05, 3.63) is 20.9 Å². The summed E-state index contributed by atoms with van der Waals surface area (Å²) in [5.74, 6) is 1.04. The van der Waals surface area contributed by atoms with Gasteiger partial charge in [0.2, 0.25) is 0 Å². The first-order chi connectivity index (χ1) is 8.49. The summed E-state index contributed by atoms with van der Waals surface area (Å²) in [7, 11) is 0. The van der Waals surface area contributed by atoms with Crippen LogP contribution >= 0.6 is 34.2 Å². The number of hydrogen-bond donors (Lipinski definition) is 0. The van der Waals surface area contributed by atoms with Gasteiger partial charge in [-0.15, -0.1) is 0 Å². The van der Waals surface area contributed by atoms with Crippen LogP contribution in [0.4, 0.5) is 5.82 Å². The van der Waals surface area contributed by atoms with Gasteiger partial charge in [0.15, 0.2) is 0 Å². The highest BCUT2D eigenvalue weighted by Crippen LogP contribution is 2.25. The first kappa shape index (κ1) is 14.3. The number of nitrogens with zero attached hydrogens (tertiary/aromatic N) is 3. The van der Waals surface area contributed by atoms with Gasteiger partial charge in [0, 0.05) is 41.5 Å². The van der Waals surface area contributed by atoms with Gasteiger partial charge >= 0.3 is 0 Å². The normalized spacial score (nSPS) is 21.7. The Bertz CT molecular complexity index is 425. The average Bonchev–Trinajstić information content (AvgIpc) is 2.32. The third kappa shape index (κ3) is 3.08. The number of rotatable bonds is 2. The van der Waals surface area contributed by atoms with Crippen LogP contribution in [0, 0.1) is 3.57 Å². The Morgan fingerprint density at radius 3 is 2.72 bits per heavy atom. The summed E-state index contributed by atoms with van der Waals surface area (Å²) in [4.78, 5) is 9.34. The van der Waals surface area contributed by atoms with Crippen molar-refractivity contribution in [2.45, 2.75) is 32.9 Å². The lowest BCUT2D eigenvalue weighted by Crippen LogP contribution is -2.54. The maximum absolute atomic E-state index is 6.02. The van der Waals surface area contributed by atoms with E-state index in [-0.39, 0.29) is 0 Å². The molecule has 0 unspecified atom stereocenters. The molecule has 18 heavy (non-hydrogen) atoms. The van der Waals surface area contributed by atoms with Crippen molar-refractivity contribution in [2.24, 2.45) is 0 Å². The zero-order chi connectivity index (χ0) is 13.3. The topological polar surface area (TPSA) is 19.4 Å². The Morgan fingerprint density at radius 2 is 2.17 bits per heavy atom. The van der Waals surface area contributed by atoms with E-state index >= 15 is 0 Å². The number of pyridine rings is 1. The number of hydrogen-bond acceptors (Lipinski definition) is 3. The van der Waals surface area contributed by atoms with E-state index in [1.165, 1.54) is 0 Å². The molecule has 0 N–H and O–H groups in total. The van der Waals surface area contributed by atoms with Gasteiger partial charge in [-0.05, 0) is 49.4 Å². The van der Waals surface area contributed by atoms with Crippen molar-refractivity contribution in [1.29, 1.82) is 0 Å². The second kappa shape index (κ2) is 5.92. The van der Waals surface area contributed by atoms with E-state index in [2.05, 4.69) is 64.2 Å².